The zero-order chi connectivity index (χ0) is 33.1. The van der Waals surface area contributed by atoms with Crippen LogP contribution in [0.4, 0.5) is 0 Å². The van der Waals surface area contributed by atoms with Crippen LogP contribution in [0.5, 0.6) is 0 Å². The van der Waals surface area contributed by atoms with E-state index in [0.717, 1.165) is 6.42 Å². The number of aliphatic hydroxyl groups is 4. The Bertz CT molecular complexity index is 1080. The van der Waals surface area contributed by atoms with Crippen LogP contribution < -0.4 is 44.6 Å². The first kappa shape index (κ1) is 35.7. The van der Waals surface area contributed by atoms with Crippen LogP contribution in [0.15, 0.2) is 16.8 Å². The SMILES string of the molecule is CNC1C(O)C(OC2C(NC(=O)C3(O)CC3N=C(N)N)CC(N)C(OC3OC(CNCCCN)=CCC3N)C2O)OCC1(C)O. The summed E-state index contributed by atoms with van der Waals surface area (Å²) in [6.07, 6.45) is -4.32. The molecule has 18 heteroatoms. The topological polar surface area (TPSA) is 313 Å². The summed E-state index contributed by atoms with van der Waals surface area (Å²) in [5.41, 5.74) is 25.9. The van der Waals surface area contributed by atoms with Gasteiger partial charge in [-0.25, -0.2) is 4.99 Å². The number of amides is 1. The number of carbonyl (C=O) groups is 1. The molecule has 13 atom stereocenters. The molecule has 0 spiro atoms. The fourth-order valence-corrected chi connectivity index (χ4v) is 6.06. The second kappa shape index (κ2) is 14.7. The van der Waals surface area contributed by atoms with E-state index in [2.05, 4.69) is 20.9 Å². The summed E-state index contributed by atoms with van der Waals surface area (Å²) in [6, 6.07) is -4.05. The Morgan fingerprint density at radius 2 is 1.84 bits per heavy atom. The highest BCUT2D eigenvalue weighted by Gasteiger charge is 2.61. The zero-order valence-corrected chi connectivity index (χ0v) is 25.7. The quantitative estimate of drug-likeness (QED) is 0.0504. The summed E-state index contributed by atoms with van der Waals surface area (Å²) in [6.45, 7) is 3.00. The molecule has 4 rings (SSSR count). The molecule has 0 aromatic rings. The van der Waals surface area contributed by atoms with Crippen molar-refractivity contribution < 1.29 is 44.2 Å². The van der Waals surface area contributed by atoms with Gasteiger partial charge in [0, 0.05) is 12.5 Å². The van der Waals surface area contributed by atoms with Crippen LogP contribution in [-0.2, 0) is 23.7 Å². The van der Waals surface area contributed by atoms with E-state index in [0.29, 0.717) is 31.8 Å². The van der Waals surface area contributed by atoms with E-state index in [4.69, 9.17) is 47.6 Å². The number of nitrogens with one attached hydrogen (secondary N) is 3. The Morgan fingerprint density at radius 3 is 2.51 bits per heavy atom. The molecule has 2 aliphatic carbocycles. The van der Waals surface area contributed by atoms with Crippen LogP contribution in [0.25, 0.3) is 0 Å². The number of hydrogen-bond donors (Lipinski definition) is 12. The van der Waals surface area contributed by atoms with Gasteiger partial charge >= 0.3 is 0 Å². The maximum atomic E-state index is 13.2. The molecule has 2 saturated carbocycles. The summed E-state index contributed by atoms with van der Waals surface area (Å²) in [5, 5.41) is 53.0. The smallest absolute Gasteiger partial charge is 0.254 e. The minimum absolute atomic E-state index is 0.00740. The lowest BCUT2D eigenvalue weighted by Gasteiger charge is -2.49. The number of aliphatic imine (C=N–C) groups is 1. The van der Waals surface area contributed by atoms with Gasteiger partial charge in [-0.15, -0.1) is 0 Å². The third-order valence-electron chi connectivity index (χ3n) is 8.74. The summed E-state index contributed by atoms with van der Waals surface area (Å²) in [4.78, 5) is 17.1. The number of ether oxygens (including phenoxy) is 4. The summed E-state index contributed by atoms with van der Waals surface area (Å²) in [5.74, 6) is -0.441. The van der Waals surface area contributed by atoms with Gasteiger partial charge in [-0.2, -0.15) is 0 Å². The second-order valence-corrected chi connectivity index (χ2v) is 12.5. The van der Waals surface area contributed by atoms with Crippen LogP contribution in [0.1, 0.15) is 32.6 Å². The average molecular weight is 646 g/mol. The maximum absolute atomic E-state index is 13.2. The number of hydrogen-bond acceptors (Lipinski definition) is 15. The third kappa shape index (κ3) is 8.21. The first-order valence-corrected chi connectivity index (χ1v) is 15.3. The van der Waals surface area contributed by atoms with Gasteiger partial charge in [-0.3, -0.25) is 4.79 Å². The molecule has 0 bridgehead atoms. The molecule has 2 heterocycles. The van der Waals surface area contributed by atoms with Gasteiger partial charge in [-0.05, 0) is 52.4 Å². The fourth-order valence-electron chi connectivity index (χ4n) is 6.06. The van der Waals surface area contributed by atoms with Crippen molar-refractivity contribution in [3.63, 3.8) is 0 Å². The van der Waals surface area contributed by atoms with Crippen molar-refractivity contribution in [2.45, 2.75) is 111 Å². The first-order valence-electron chi connectivity index (χ1n) is 15.3. The molecule has 2 aliphatic heterocycles. The van der Waals surface area contributed by atoms with Crippen molar-refractivity contribution in [1.82, 2.24) is 16.0 Å². The fraction of sp³-hybridized carbons (Fsp3) is 0.852. The summed E-state index contributed by atoms with van der Waals surface area (Å²) in [7, 11) is 1.57. The molecular formula is C27H51N9O9. The molecule has 3 fully saturated rings. The highest BCUT2D eigenvalue weighted by Crippen LogP contribution is 2.40. The number of rotatable bonds is 13. The van der Waals surface area contributed by atoms with E-state index >= 15 is 0 Å². The van der Waals surface area contributed by atoms with Gasteiger partial charge < -0.3 is 84.0 Å². The van der Waals surface area contributed by atoms with Gasteiger partial charge in [0.15, 0.2) is 17.9 Å². The van der Waals surface area contributed by atoms with Crippen molar-refractivity contribution in [2.75, 3.05) is 33.3 Å². The molecule has 17 N–H and O–H groups in total. The third-order valence-corrected chi connectivity index (χ3v) is 8.74. The molecule has 45 heavy (non-hydrogen) atoms. The standard InChI is InChI=1S/C27H51N9O9/c1-26(40)11-42-23(18(38)21(26)33-2)45-20-15(35-24(39)27(41)9-16(27)36-25(31)32)8-14(30)19(17(20)37)44-22-13(29)5-4-12(43-22)10-34-7-3-6-28/h4,13-23,33-34,37-38,40-41H,3,5-11,28-30H2,1-2H3,(H,35,39)(H4,31,32,36). The van der Waals surface area contributed by atoms with Crippen molar-refractivity contribution >= 4 is 11.9 Å². The Balaban J connectivity index is 1.51. The molecule has 0 aromatic carbocycles. The minimum Gasteiger partial charge on any atom is -0.467 e. The highest BCUT2D eigenvalue weighted by molar-refractivity contribution is 5.90. The lowest BCUT2D eigenvalue weighted by molar-refractivity contribution is -0.304. The minimum atomic E-state index is -1.86. The Morgan fingerprint density at radius 1 is 1.13 bits per heavy atom. The van der Waals surface area contributed by atoms with E-state index in [1.807, 2.05) is 6.08 Å². The van der Waals surface area contributed by atoms with Gasteiger partial charge in [0.25, 0.3) is 5.91 Å². The van der Waals surface area contributed by atoms with Crippen LogP contribution in [-0.4, -0.2) is 144 Å². The van der Waals surface area contributed by atoms with E-state index in [9.17, 15) is 25.2 Å². The lowest BCUT2D eigenvalue weighted by atomic mass is 9.83. The number of aliphatic hydroxyl groups excluding tert-OH is 2. The molecule has 18 nitrogen and oxygen atoms in total. The molecule has 1 saturated heterocycles. The number of carbonyl (C=O) groups excluding carboxylic acids is 1. The summed E-state index contributed by atoms with van der Waals surface area (Å²) >= 11 is 0. The predicted molar refractivity (Wildman–Crippen MR) is 161 cm³/mol. The van der Waals surface area contributed by atoms with Crippen molar-refractivity contribution in [2.24, 2.45) is 33.7 Å². The monoisotopic (exact) mass is 645 g/mol. The zero-order valence-electron chi connectivity index (χ0n) is 25.7. The second-order valence-electron chi connectivity index (χ2n) is 12.5. The largest absolute Gasteiger partial charge is 0.467 e. The van der Waals surface area contributed by atoms with Crippen LogP contribution >= 0.6 is 0 Å². The van der Waals surface area contributed by atoms with E-state index in [1.54, 1.807) is 7.05 Å². The maximum Gasteiger partial charge on any atom is 0.254 e. The number of nitrogens with zero attached hydrogens (tertiary/aromatic N) is 1. The van der Waals surface area contributed by atoms with Crippen LogP contribution in [0, 0.1) is 0 Å². The molecule has 1 amide bonds. The Hall–Kier alpha value is -2.20. The molecule has 0 aromatic heterocycles. The van der Waals surface area contributed by atoms with E-state index < -0.39 is 84.3 Å². The molecular weight excluding hydrogens is 594 g/mol. The Labute approximate surface area is 262 Å². The number of likely N-dealkylation sites (N-methyl/N-ethyl adjacent to an activating group) is 1. The van der Waals surface area contributed by atoms with Gasteiger partial charge in [0.05, 0.1) is 37.3 Å². The van der Waals surface area contributed by atoms with Crippen LogP contribution in [0.3, 0.4) is 0 Å². The number of guanidine groups is 1. The van der Waals surface area contributed by atoms with E-state index in [1.165, 1.54) is 6.92 Å². The van der Waals surface area contributed by atoms with Gasteiger partial charge in [0.2, 0.25) is 6.29 Å². The highest BCUT2D eigenvalue weighted by atomic mass is 16.7. The van der Waals surface area contributed by atoms with Crippen molar-refractivity contribution in [3.05, 3.63) is 11.8 Å². The van der Waals surface area contributed by atoms with Crippen molar-refractivity contribution in [1.29, 1.82) is 0 Å². The molecule has 0 radical (unpaired) electrons. The van der Waals surface area contributed by atoms with Gasteiger partial charge in [-0.1, -0.05) is 0 Å². The predicted octanol–water partition coefficient (Wildman–Crippen LogP) is -5.94. The van der Waals surface area contributed by atoms with Gasteiger partial charge in [0.1, 0.15) is 35.8 Å². The lowest BCUT2D eigenvalue weighted by Crippen LogP contribution is -2.69. The van der Waals surface area contributed by atoms with E-state index in [-0.39, 0.29) is 25.4 Å². The number of nitrogens with two attached hydrogens (primary N) is 5. The first-order chi connectivity index (χ1) is 21.2. The van der Waals surface area contributed by atoms with Crippen LogP contribution in [0.2, 0.25) is 0 Å². The van der Waals surface area contributed by atoms with Crippen molar-refractivity contribution in [3.8, 4) is 0 Å². The average Bonchev–Trinajstić information content (AvgIpc) is 3.63. The molecule has 258 valence electrons. The Kier molecular flexibility index (Phi) is 11.6. The summed E-state index contributed by atoms with van der Waals surface area (Å²) < 4.78 is 24.0. The normalized spacial score (nSPS) is 43.1. The molecule has 13 unspecified atom stereocenters. The molecule has 4 aliphatic rings.